The highest BCUT2D eigenvalue weighted by atomic mass is 79.9. The van der Waals surface area contributed by atoms with Crippen molar-refractivity contribution in [3.8, 4) is 0 Å². The molecule has 15 heavy (non-hydrogen) atoms. The molecule has 1 rings (SSSR count). The second-order valence-electron chi connectivity index (χ2n) is 3.64. The third kappa shape index (κ3) is 3.19. The third-order valence-corrected chi connectivity index (χ3v) is 3.04. The van der Waals surface area contributed by atoms with Gasteiger partial charge in [-0.05, 0) is 24.6 Å². The molecule has 1 aromatic rings. The Morgan fingerprint density at radius 1 is 1.53 bits per heavy atom. The smallest absolute Gasteiger partial charge is 0.0606 e. The standard InChI is InChI=1S/C11H17BrN2O/c1-8(13)10-4-3-9(7-11(10)12)14(2)5-6-15/h3-4,7-8,15H,5-6,13H2,1-2H3. The van der Waals surface area contributed by atoms with Crippen molar-refractivity contribution < 1.29 is 5.11 Å². The molecule has 0 amide bonds. The number of rotatable bonds is 4. The summed E-state index contributed by atoms with van der Waals surface area (Å²) >= 11 is 3.50. The Balaban J connectivity index is 2.91. The summed E-state index contributed by atoms with van der Waals surface area (Å²) in [6, 6.07) is 6.07. The Kier molecular flexibility index (Phi) is 4.57. The summed E-state index contributed by atoms with van der Waals surface area (Å²) in [5.74, 6) is 0. The zero-order valence-electron chi connectivity index (χ0n) is 9.07. The molecule has 84 valence electrons. The number of hydrogen-bond acceptors (Lipinski definition) is 3. The minimum Gasteiger partial charge on any atom is -0.395 e. The van der Waals surface area contributed by atoms with Gasteiger partial charge in [0.25, 0.3) is 0 Å². The van der Waals surface area contributed by atoms with E-state index in [2.05, 4.69) is 15.9 Å². The molecule has 0 aliphatic carbocycles. The van der Waals surface area contributed by atoms with Crippen molar-refractivity contribution >= 4 is 21.6 Å². The van der Waals surface area contributed by atoms with Gasteiger partial charge in [0.1, 0.15) is 0 Å². The summed E-state index contributed by atoms with van der Waals surface area (Å²) in [6.07, 6.45) is 0. The quantitative estimate of drug-likeness (QED) is 0.880. The van der Waals surface area contributed by atoms with Crippen LogP contribution in [0.5, 0.6) is 0 Å². The number of aliphatic hydroxyl groups excluding tert-OH is 1. The maximum Gasteiger partial charge on any atom is 0.0606 e. The van der Waals surface area contributed by atoms with Crippen LogP contribution < -0.4 is 10.6 Å². The number of nitrogens with zero attached hydrogens (tertiary/aromatic N) is 1. The van der Waals surface area contributed by atoms with E-state index in [1.807, 2.05) is 37.1 Å². The highest BCUT2D eigenvalue weighted by Gasteiger charge is 2.07. The number of likely N-dealkylation sites (N-methyl/N-ethyl adjacent to an activating group) is 1. The Labute approximate surface area is 99.0 Å². The molecular weight excluding hydrogens is 256 g/mol. The van der Waals surface area contributed by atoms with Gasteiger partial charge < -0.3 is 15.7 Å². The van der Waals surface area contributed by atoms with Crippen LogP contribution in [0.3, 0.4) is 0 Å². The van der Waals surface area contributed by atoms with Crippen LogP contribution in [-0.2, 0) is 0 Å². The average molecular weight is 273 g/mol. The minimum atomic E-state index is 0.0246. The van der Waals surface area contributed by atoms with Crippen LogP contribution in [0.25, 0.3) is 0 Å². The van der Waals surface area contributed by atoms with E-state index in [4.69, 9.17) is 10.8 Å². The van der Waals surface area contributed by atoms with Gasteiger partial charge in [-0.15, -0.1) is 0 Å². The van der Waals surface area contributed by atoms with E-state index in [1.54, 1.807) is 0 Å². The highest BCUT2D eigenvalue weighted by molar-refractivity contribution is 9.10. The van der Waals surface area contributed by atoms with Crippen molar-refractivity contribution in [3.63, 3.8) is 0 Å². The molecule has 0 saturated carbocycles. The van der Waals surface area contributed by atoms with Gasteiger partial charge in [-0.2, -0.15) is 0 Å². The van der Waals surface area contributed by atoms with Gasteiger partial charge in [-0.3, -0.25) is 0 Å². The molecule has 0 aliphatic heterocycles. The van der Waals surface area contributed by atoms with Crippen molar-refractivity contribution in [2.75, 3.05) is 25.1 Å². The lowest BCUT2D eigenvalue weighted by Gasteiger charge is -2.19. The number of nitrogens with two attached hydrogens (primary N) is 1. The van der Waals surface area contributed by atoms with E-state index >= 15 is 0 Å². The van der Waals surface area contributed by atoms with E-state index in [9.17, 15) is 0 Å². The number of aliphatic hydroxyl groups is 1. The maximum atomic E-state index is 8.84. The number of benzene rings is 1. The largest absolute Gasteiger partial charge is 0.395 e. The van der Waals surface area contributed by atoms with Gasteiger partial charge in [0, 0.05) is 29.8 Å². The molecule has 0 saturated heterocycles. The molecule has 0 radical (unpaired) electrons. The molecule has 4 heteroatoms. The summed E-state index contributed by atoms with van der Waals surface area (Å²) in [7, 11) is 1.95. The molecule has 3 N–H and O–H groups in total. The summed E-state index contributed by atoms with van der Waals surface area (Å²) in [6.45, 7) is 2.74. The Morgan fingerprint density at radius 3 is 2.67 bits per heavy atom. The fourth-order valence-corrected chi connectivity index (χ4v) is 2.13. The van der Waals surface area contributed by atoms with E-state index in [-0.39, 0.29) is 12.6 Å². The number of hydrogen-bond donors (Lipinski definition) is 2. The molecule has 1 unspecified atom stereocenters. The van der Waals surface area contributed by atoms with Crippen molar-refractivity contribution in [2.45, 2.75) is 13.0 Å². The van der Waals surface area contributed by atoms with Crippen molar-refractivity contribution in [1.82, 2.24) is 0 Å². The van der Waals surface area contributed by atoms with Gasteiger partial charge in [0.2, 0.25) is 0 Å². The molecule has 1 atom stereocenters. The van der Waals surface area contributed by atoms with Crippen LogP contribution in [0.15, 0.2) is 22.7 Å². The molecule has 3 nitrogen and oxygen atoms in total. The minimum absolute atomic E-state index is 0.0246. The van der Waals surface area contributed by atoms with Crippen molar-refractivity contribution in [3.05, 3.63) is 28.2 Å². The molecular formula is C11H17BrN2O. The van der Waals surface area contributed by atoms with Gasteiger partial charge in [-0.25, -0.2) is 0 Å². The van der Waals surface area contributed by atoms with Gasteiger partial charge in [0.15, 0.2) is 0 Å². The average Bonchev–Trinajstić information content (AvgIpc) is 2.17. The fraction of sp³-hybridized carbons (Fsp3) is 0.455. The molecule has 0 spiro atoms. The molecule has 0 bridgehead atoms. The molecule has 0 aromatic heterocycles. The number of halogens is 1. The second-order valence-corrected chi connectivity index (χ2v) is 4.49. The summed E-state index contributed by atoms with van der Waals surface area (Å²) in [4.78, 5) is 2.00. The first-order valence-corrected chi connectivity index (χ1v) is 5.72. The summed E-state index contributed by atoms with van der Waals surface area (Å²) < 4.78 is 1.01. The second kappa shape index (κ2) is 5.49. The van der Waals surface area contributed by atoms with Gasteiger partial charge in [0.05, 0.1) is 6.61 Å². The normalized spacial score (nSPS) is 12.6. The van der Waals surface area contributed by atoms with Crippen LogP contribution in [0.2, 0.25) is 0 Å². The number of anilines is 1. The lowest BCUT2D eigenvalue weighted by atomic mass is 10.1. The monoisotopic (exact) mass is 272 g/mol. The Morgan fingerprint density at radius 2 is 2.20 bits per heavy atom. The lowest BCUT2D eigenvalue weighted by Crippen LogP contribution is -2.21. The first-order chi connectivity index (χ1) is 7.06. The SMILES string of the molecule is CC(N)c1ccc(N(C)CCO)cc1Br. The summed E-state index contributed by atoms with van der Waals surface area (Å²) in [5.41, 5.74) is 7.98. The van der Waals surface area contributed by atoms with Crippen LogP contribution in [0.4, 0.5) is 5.69 Å². The van der Waals surface area contributed by atoms with Gasteiger partial charge in [-0.1, -0.05) is 22.0 Å². The van der Waals surface area contributed by atoms with Crippen molar-refractivity contribution in [2.24, 2.45) is 5.73 Å². The van der Waals surface area contributed by atoms with E-state index in [1.165, 1.54) is 0 Å². The maximum absolute atomic E-state index is 8.84. The molecule has 0 aliphatic rings. The zero-order valence-corrected chi connectivity index (χ0v) is 10.7. The lowest BCUT2D eigenvalue weighted by molar-refractivity contribution is 0.304. The predicted octanol–water partition coefficient (Wildman–Crippen LogP) is 1.90. The van der Waals surface area contributed by atoms with Crippen LogP contribution in [0.1, 0.15) is 18.5 Å². The van der Waals surface area contributed by atoms with E-state index < -0.39 is 0 Å². The molecule has 0 heterocycles. The summed E-state index contributed by atoms with van der Waals surface area (Å²) in [5, 5.41) is 8.84. The van der Waals surface area contributed by atoms with Crippen LogP contribution >= 0.6 is 15.9 Å². The first kappa shape index (κ1) is 12.5. The Hall–Kier alpha value is -0.580. The third-order valence-electron chi connectivity index (χ3n) is 2.35. The molecule has 1 aromatic carbocycles. The van der Waals surface area contributed by atoms with Crippen LogP contribution in [-0.4, -0.2) is 25.3 Å². The highest BCUT2D eigenvalue weighted by Crippen LogP contribution is 2.26. The Bertz CT molecular complexity index is 328. The molecule has 0 fully saturated rings. The fourth-order valence-electron chi connectivity index (χ4n) is 1.40. The zero-order chi connectivity index (χ0) is 11.4. The van der Waals surface area contributed by atoms with E-state index in [0.717, 1.165) is 15.7 Å². The van der Waals surface area contributed by atoms with E-state index in [0.29, 0.717) is 6.54 Å². The predicted molar refractivity (Wildman–Crippen MR) is 67.1 cm³/mol. The van der Waals surface area contributed by atoms with Crippen LogP contribution in [0, 0.1) is 0 Å². The van der Waals surface area contributed by atoms with Crippen molar-refractivity contribution in [1.29, 1.82) is 0 Å². The first-order valence-electron chi connectivity index (χ1n) is 4.93. The van der Waals surface area contributed by atoms with Gasteiger partial charge >= 0.3 is 0 Å². The topological polar surface area (TPSA) is 49.5 Å².